The summed E-state index contributed by atoms with van der Waals surface area (Å²) in [6.45, 7) is 2.93. The Morgan fingerprint density at radius 3 is 2.78 bits per heavy atom. The van der Waals surface area contributed by atoms with E-state index in [1.54, 1.807) is 29.0 Å². The molecule has 0 atom stereocenters. The first kappa shape index (κ1) is 14.4. The molecule has 3 aromatic heterocycles. The third-order valence-electron chi connectivity index (χ3n) is 3.88. The van der Waals surface area contributed by atoms with Gasteiger partial charge in [0.25, 0.3) is 0 Å². The van der Waals surface area contributed by atoms with Crippen LogP contribution in [0.25, 0.3) is 10.2 Å². The minimum absolute atomic E-state index is 0.0357. The Morgan fingerprint density at radius 1 is 1.13 bits per heavy atom. The van der Waals surface area contributed by atoms with Gasteiger partial charge in [-0.05, 0) is 22.9 Å². The molecule has 6 nitrogen and oxygen atoms in total. The maximum atomic E-state index is 12.3. The highest BCUT2D eigenvalue weighted by atomic mass is 32.1. The summed E-state index contributed by atoms with van der Waals surface area (Å²) < 4.78 is 0. The molecule has 0 aromatic carbocycles. The molecule has 2 amide bonds. The molecule has 0 bridgehead atoms. The quantitative estimate of drug-likeness (QED) is 0.775. The minimum atomic E-state index is -0.0357. The Labute approximate surface area is 141 Å². The molecule has 1 saturated heterocycles. The molecule has 4 heterocycles. The molecule has 1 fully saturated rings. The highest BCUT2D eigenvalue weighted by Gasteiger charge is 2.23. The van der Waals surface area contributed by atoms with Crippen molar-refractivity contribution < 1.29 is 4.79 Å². The Bertz CT molecular complexity index is 808. The van der Waals surface area contributed by atoms with E-state index in [0.717, 1.165) is 34.8 Å². The van der Waals surface area contributed by atoms with Crippen LogP contribution in [0.15, 0.2) is 34.6 Å². The first-order chi connectivity index (χ1) is 11.3. The van der Waals surface area contributed by atoms with Crippen LogP contribution in [0.5, 0.6) is 0 Å². The topological polar surface area (TPSA) is 61.4 Å². The molecular weight excluding hydrogens is 330 g/mol. The third-order valence-corrected chi connectivity index (χ3v) is 5.38. The summed E-state index contributed by atoms with van der Waals surface area (Å²) in [5, 5.41) is 9.94. The van der Waals surface area contributed by atoms with Gasteiger partial charge >= 0.3 is 6.03 Å². The van der Waals surface area contributed by atoms with Crippen molar-refractivity contribution in [3.63, 3.8) is 0 Å². The molecule has 0 unspecified atom stereocenters. The normalized spacial score (nSPS) is 15.1. The summed E-state index contributed by atoms with van der Waals surface area (Å²) in [7, 11) is 0. The van der Waals surface area contributed by atoms with Gasteiger partial charge in [0.15, 0.2) is 0 Å². The van der Waals surface area contributed by atoms with E-state index in [1.165, 1.54) is 0 Å². The van der Waals surface area contributed by atoms with Gasteiger partial charge in [0, 0.05) is 31.6 Å². The smallest absolute Gasteiger partial charge is 0.321 e. The number of anilines is 2. The van der Waals surface area contributed by atoms with Crippen LogP contribution in [-0.4, -0.2) is 47.1 Å². The van der Waals surface area contributed by atoms with E-state index in [2.05, 4.69) is 26.3 Å². The fourth-order valence-electron chi connectivity index (χ4n) is 2.69. The van der Waals surface area contributed by atoms with Gasteiger partial charge in [-0.2, -0.15) is 11.3 Å². The van der Waals surface area contributed by atoms with Crippen molar-refractivity contribution in [3.8, 4) is 0 Å². The SMILES string of the molecule is O=C(Nc1ccsc1)N1CCN(c2ncnc3sccc23)CC1. The summed E-state index contributed by atoms with van der Waals surface area (Å²) in [6.07, 6.45) is 1.61. The van der Waals surface area contributed by atoms with Crippen molar-refractivity contribution in [1.82, 2.24) is 14.9 Å². The largest absolute Gasteiger partial charge is 0.352 e. The van der Waals surface area contributed by atoms with Crippen LogP contribution >= 0.6 is 22.7 Å². The zero-order valence-corrected chi connectivity index (χ0v) is 13.9. The van der Waals surface area contributed by atoms with Crippen molar-refractivity contribution in [3.05, 3.63) is 34.6 Å². The summed E-state index contributed by atoms with van der Waals surface area (Å²) in [5.74, 6) is 0.967. The number of nitrogens with zero attached hydrogens (tertiary/aromatic N) is 4. The van der Waals surface area contributed by atoms with Gasteiger partial charge in [0.1, 0.15) is 17.0 Å². The Kier molecular flexibility index (Phi) is 3.84. The molecule has 4 rings (SSSR count). The maximum absolute atomic E-state index is 12.3. The molecule has 0 saturated carbocycles. The van der Waals surface area contributed by atoms with Gasteiger partial charge < -0.3 is 15.1 Å². The van der Waals surface area contributed by atoms with Gasteiger partial charge in [-0.25, -0.2) is 14.8 Å². The van der Waals surface area contributed by atoms with Gasteiger partial charge in [-0.1, -0.05) is 0 Å². The lowest BCUT2D eigenvalue weighted by molar-refractivity contribution is 0.208. The highest BCUT2D eigenvalue weighted by molar-refractivity contribution is 7.16. The molecule has 0 radical (unpaired) electrons. The van der Waals surface area contributed by atoms with Crippen LogP contribution < -0.4 is 10.2 Å². The first-order valence-electron chi connectivity index (χ1n) is 7.32. The zero-order chi connectivity index (χ0) is 15.6. The van der Waals surface area contributed by atoms with Crippen LogP contribution in [-0.2, 0) is 0 Å². The second-order valence-corrected chi connectivity index (χ2v) is 6.93. The van der Waals surface area contributed by atoms with Crippen molar-refractivity contribution in [2.75, 3.05) is 36.4 Å². The first-order valence-corrected chi connectivity index (χ1v) is 9.15. The number of amides is 2. The molecule has 0 aliphatic carbocycles. The predicted octanol–water partition coefficient (Wildman–Crippen LogP) is 3.11. The Balaban J connectivity index is 1.43. The number of carbonyl (C=O) groups excluding carboxylic acids is 1. The zero-order valence-electron chi connectivity index (χ0n) is 12.3. The van der Waals surface area contributed by atoms with Gasteiger partial charge in [-0.15, -0.1) is 11.3 Å². The number of urea groups is 1. The summed E-state index contributed by atoms with van der Waals surface area (Å²) in [6, 6.07) is 3.93. The molecule has 1 aliphatic rings. The van der Waals surface area contributed by atoms with Crippen molar-refractivity contribution >= 4 is 50.4 Å². The Morgan fingerprint density at radius 2 is 2.00 bits per heavy atom. The number of thiophene rings is 2. The fraction of sp³-hybridized carbons (Fsp3) is 0.267. The van der Waals surface area contributed by atoms with Crippen molar-refractivity contribution in [2.24, 2.45) is 0 Å². The number of fused-ring (bicyclic) bond motifs is 1. The van der Waals surface area contributed by atoms with Crippen LogP contribution in [0, 0.1) is 0 Å². The standard InChI is InChI=1S/C15H15N5OS2/c21-15(18-11-1-7-22-9-11)20-5-3-19(4-6-20)13-12-2-8-23-14(12)17-10-16-13/h1-2,7-10H,3-6H2,(H,18,21). The molecule has 118 valence electrons. The van der Waals surface area contributed by atoms with Gasteiger partial charge in [0.05, 0.1) is 11.1 Å². The second kappa shape index (κ2) is 6.13. The molecule has 23 heavy (non-hydrogen) atoms. The second-order valence-electron chi connectivity index (χ2n) is 5.25. The van der Waals surface area contributed by atoms with E-state index < -0.39 is 0 Å². The predicted molar refractivity (Wildman–Crippen MR) is 94.5 cm³/mol. The minimum Gasteiger partial charge on any atom is -0.352 e. The molecule has 1 N–H and O–H groups in total. The fourth-order valence-corrected chi connectivity index (χ4v) is 4.00. The van der Waals surface area contributed by atoms with E-state index in [4.69, 9.17) is 0 Å². The number of hydrogen-bond donors (Lipinski definition) is 1. The van der Waals surface area contributed by atoms with Crippen LogP contribution in [0.2, 0.25) is 0 Å². The van der Waals surface area contributed by atoms with E-state index in [1.807, 2.05) is 27.1 Å². The van der Waals surface area contributed by atoms with Gasteiger partial charge in [0.2, 0.25) is 0 Å². The van der Waals surface area contributed by atoms with E-state index in [0.29, 0.717) is 13.1 Å². The lowest BCUT2D eigenvalue weighted by atomic mass is 10.3. The van der Waals surface area contributed by atoms with Crippen molar-refractivity contribution in [2.45, 2.75) is 0 Å². The third kappa shape index (κ3) is 2.87. The van der Waals surface area contributed by atoms with Crippen LogP contribution in [0.1, 0.15) is 0 Å². The average molecular weight is 345 g/mol. The number of carbonyl (C=O) groups is 1. The number of nitrogens with one attached hydrogen (secondary N) is 1. The lowest BCUT2D eigenvalue weighted by Gasteiger charge is -2.35. The number of hydrogen-bond acceptors (Lipinski definition) is 6. The number of aromatic nitrogens is 2. The average Bonchev–Trinajstić information content (AvgIpc) is 3.25. The summed E-state index contributed by atoms with van der Waals surface area (Å²) >= 11 is 3.19. The molecule has 8 heteroatoms. The van der Waals surface area contributed by atoms with Crippen LogP contribution in [0.4, 0.5) is 16.3 Å². The van der Waals surface area contributed by atoms with E-state index >= 15 is 0 Å². The lowest BCUT2D eigenvalue weighted by Crippen LogP contribution is -2.50. The summed E-state index contributed by atoms with van der Waals surface area (Å²) in [4.78, 5) is 26.1. The van der Waals surface area contributed by atoms with Crippen LogP contribution in [0.3, 0.4) is 0 Å². The monoisotopic (exact) mass is 345 g/mol. The van der Waals surface area contributed by atoms with Gasteiger partial charge in [-0.3, -0.25) is 0 Å². The van der Waals surface area contributed by atoms with E-state index in [9.17, 15) is 4.79 Å². The molecule has 3 aromatic rings. The molecular formula is C15H15N5OS2. The number of rotatable bonds is 2. The summed E-state index contributed by atoms with van der Waals surface area (Å²) in [5.41, 5.74) is 0.859. The Hall–Kier alpha value is -2.19. The highest BCUT2D eigenvalue weighted by Crippen LogP contribution is 2.27. The maximum Gasteiger partial charge on any atom is 0.321 e. The van der Waals surface area contributed by atoms with Crippen molar-refractivity contribution in [1.29, 1.82) is 0 Å². The van der Waals surface area contributed by atoms with E-state index in [-0.39, 0.29) is 6.03 Å². The molecule has 1 aliphatic heterocycles. The number of piperazine rings is 1. The molecule has 0 spiro atoms.